The van der Waals surface area contributed by atoms with Crippen LogP contribution in [0.2, 0.25) is 0 Å². The Labute approximate surface area is 106 Å². The van der Waals surface area contributed by atoms with Gasteiger partial charge in [-0.15, -0.1) is 0 Å². The highest BCUT2D eigenvalue weighted by Crippen LogP contribution is 2.13. The summed E-state index contributed by atoms with van der Waals surface area (Å²) >= 11 is 0. The van der Waals surface area contributed by atoms with Crippen molar-refractivity contribution in [1.29, 1.82) is 0 Å². The van der Waals surface area contributed by atoms with Crippen LogP contribution in [0.15, 0.2) is 29.1 Å². The van der Waals surface area contributed by atoms with E-state index in [1.54, 1.807) is 6.92 Å². The van der Waals surface area contributed by atoms with Crippen molar-refractivity contribution < 1.29 is 0 Å². The lowest BCUT2D eigenvalue weighted by atomic mass is 10.1. The molecule has 2 rings (SSSR count). The first-order valence-electron chi connectivity index (χ1n) is 5.91. The van der Waals surface area contributed by atoms with Crippen LogP contribution in [-0.2, 0) is 6.54 Å². The molecule has 2 N–H and O–H groups in total. The van der Waals surface area contributed by atoms with Gasteiger partial charge in [-0.1, -0.05) is 18.2 Å². The Morgan fingerprint density at radius 1 is 1.22 bits per heavy atom. The molecule has 18 heavy (non-hydrogen) atoms. The predicted octanol–water partition coefficient (Wildman–Crippen LogP) is 1.62. The second-order valence-electron chi connectivity index (χ2n) is 4.40. The Bertz CT molecular complexity index is 644. The second kappa shape index (κ2) is 4.74. The molecule has 1 aromatic carbocycles. The summed E-state index contributed by atoms with van der Waals surface area (Å²) in [6, 6.07) is 7.70. The fraction of sp³-hybridized carbons (Fsp3) is 0.286. The fourth-order valence-electron chi connectivity index (χ4n) is 2.08. The largest absolute Gasteiger partial charge is 0.326 e. The smallest absolute Gasteiger partial charge is 0.274 e. The molecule has 0 unspecified atom stereocenters. The van der Waals surface area contributed by atoms with E-state index in [1.165, 1.54) is 4.68 Å². The monoisotopic (exact) mass is 243 g/mol. The number of rotatable bonds is 2. The normalized spacial score (nSPS) is 10.7. The average molecular weight is 243 g/mol. The number of hydrogen-bond donors (Lipinski definition) is 1. The van der Waals surface area contributed by atoms with Gasteiger partial charge in [-0.2, -0.15) is 9.78 Å². The molecule has 4 nitrogen and oxygen atoms in total. The summed E-state index contributed by atoms with van der Waals surface area (Å²) in [5.74, 6) is 0. The van der Waals surface area contributed by atoms with Crippen LogP contribution in [0.3, 0.4) is 0 Å². The first-order chi connectivity index (χ1) is 8.56. The lowest BCUT2D eigenvalue weighted by Gasteiger charge is -2.12. The molecule has 0 amide bonds. The number of benzene rings is 1. The lowest BCUT2D eigenvalue weighted by Crippen LogP contribution is -2.27. The van der Waals surface area contributed by atoms with Crippen molar-refractivity contribution in [2.45, 2.75) is 27.3 Å². The van der Waals surface area contributed by atoms with E-state index < -0.39 is 0 Å². The molecule has 0 saturated carbocycles. The lowest BCUT2D eigenvalue weighted by molar-refractivity contribution is 0.751. The average Bonchev–Trinajstić information content (AvgIpc) is 2.35. The molecule has 0 saturated heterocycles. The minimum Gasteiger partial charge on any atom is -0.326 e. The van der Waals surface area contributed by atoms with E-state index in [4.69, 9.17) is 5.73 Å². The second-order valence-corrected chi connectivity index (χ2v) is 4.40. The molecule has 1 heterocycles. The van der Waals surface area contributed by atoms with E-state index >= 15 is 0 Å². The van der Waals surface area contributed by atoms with Gasteiger partial charge in [-0.3, -0.25) is 4.79 Å². The zero-order chi connectivity index (χ0) is 13.3. The van der Waals surface area contributed by atoms with Crippen molar-refractivity contribution in [2.75, 3.05) is 0 Å². The molecule has 0 spiro atoms. The van der Waals surface area contributed by atoms with Gasteiger partial charge in [-0.05, 0) is 38.0 Å². The Morgan fingerprint density at radius 2 is 1.89 bits per heavy atom. The molecule has 0 radical (unpaired) electrons. The van der Waals surface area contributed by atoms with E-state index in [1.807, 2.05) is 38.1 Å². The summed E-state index contributed by atoms with van der Waals surface area (Å²) in [6.07, 6.45) is 0. The molecule has 0 bridgehead atoms. The van der Waals surface area contributed by atoms with Gasteiger partial charge >= 0.3 is 0 Å². The van der Waals surface area contributed by atoms with E-state index in [2.05, 4.69) is 5.10 Å². The Morgan fingerprint density at radius 3 is 2.50 bits per heavy atom. The predicted molar refractivity (Wildman–Crippen MR) is 71.9 cm³/mol. The SMILES string of the molecule is Cc1ccccc1-n1nc(C)c(CN)c(C)c1=O. The zero-order valence-corrected chi connectivity index (χ0v) is 10.9. The highest BCUT2D eigenvalue weighted by Gasteiger charge is 2.12. The highest BCUT2D eigenvalue weighted by atomic mass is 16.1. The zero-order valence-electron chi connectivity index (χ0n) is 10.9. The maximum Gasteiger partial charge on any atom is 0.274 e. The van der Waals surface area contributed by atoms with Crippen molar-refractivity contribution in [1.82, 2.24) is 9.78 Å². The standard InChI is InChI=1S/C14H17N3O/c1-9-6-4-5-7-13(9)17-14(18)10(2)12(8-15)11(3)16-17/h4-7H,8,15H2,1-3H3. The highest BCUT2D eigenvalue weighted by molar-refractivity contribution is 5.40. The van der Waals surface area contributed by atoms with E-state index in [0.29, 0.717) is 12.1 Å². The van der Waals surface area contributed by atoms with Gasteiger partial charge < -0.3 is 5.73 Å². The molecule has 1 aromatic heterocycles. The number of para-hydroxylation sites is 1. The maximum atomic E-state index is 12.3. The van der Waals surface area contributed by atoms with Gasteiger partial charge in [0.25, 0.3) is 5.56 Å². The van der Waals surface area contributed by atoms with Gasteiger partial charge in [0.15, 0.2) is 0 Å². The Balaban J connectivity index is 2.75. The fourth-order valence-corrected chi connectivity index (χ4v) is 2.08. The molecule has 0 atom stereocenters. The summed E-state index contributed by atoms with van der Waals surface area (Å²) in [5, 5.41) is 4.36. The van der Waals surface area contributed by atoms with Crippen LogP contribution in [-0.4, -0.2) is 9.78 Å². The van der Waals surface area contributed by atoms with Crippen molar-refractivity contribution in [3.63, 3.8) is 0 Å². The van der Waals surface area contributed by atoms with Crippen LogP contribution in [0.4, 0.5) is 0 Å². The minimum absolute atomic E-state index is 0.102. The van der Waals surface area contributed by atoms with Crippen LogP contribution in [0.1, 0.15) is 22.4 Å². The maximum absolute atomic E-state index is 12.3. The number of hydrogen-bond acceptors (Lipinski definition) is 3. The first-order valence-corrected chi connectivity index (χ1v) is 5.91. The van der Waals surface area contributed by atoms with Gasteiger partial charge in [0, 0.05) is 12.1 Å². The number of aromatic nitrogens is 2. The number of nitrogens with zero attached hydrogens (tertiary/aromatic N) is 2. The summed E-state index contributed by atoms with van der Waals surface area (Å²) in [6.45, 7) is 5.98. The Kier molecular flexibility index (Phi) is 3.30. The molecule has 0 aliphatic heterocycles. The van der Waals surface area contributed by atoms with Crippen molar-refractivity contribution in [2.24, 2.45) is 5.73 Å². The number of aryl methyl sites for hydroxylation is 2. The van der Waals surface area contributed by atoms with Gasteiger partial charge in [0.2, 0.25) is 0 Å². The van der Waals surface area contributed by atoms with Gasteiger partial charge in [0.05, 0.1) is 11.4 Å². The summed E-state index contributed by atoms with van der Waals surface area (Å²) in [7, 11) is 0. The van der Waals surface area contributed by atoms with Crippen LogP contribution in [0, 0.1) is 20.8 Å². The third-order valence-corrected chi connectivity index (χ3v) is 3.20. The first kappa shape index (κ1) is 12.5. The quantitative estimate of drug-likeness (QED) is 0.871. The third kappa shape index (κ3) is 1.95. The van der Waals surface area contributed by atoms with Crippen LogP contribution in [0.25, 0.3) is 5.69 Å². The van der Waals surface area contributed by atoms with Crippen molar-refractivity contribution >= 4 is 0 Å². The van der Waals surface area contributed by atoms with Crippen LogP contribution >= 0.6 is 0 Å². The summed E-state index contributed by atoms with van der Waals surface area (Å²) < 4.78 is 1.46. The molecule has 0 fully saturated rings. The molecule has 4 heteroatoms. The van der Waals surface area contributed by atoms with Crippen LogP contribution in [0.5, 0.6) is 0 Å². The molecular weight excluding hydrogens is 226 g/mol. The van der Waals surface area contributed by atoms with E-state index in [-0.39, 0.29) is 5.56 Å². The molecule has 0 aliphatic carbocycles. The Hall–Kier alpha value is -1.94. The van der Waals surface area contributed by atoms with Crippen molar-refractivity contribution in [3.8, 4) is 5.69 Å². The van der Waals surface area contributed by atoms with Gasteiger partial charge in [0.1, 0.15) is 0 Å². The van der Waals surface area contributed by atoms with Crippen molar-refractivity contribution in [3.05, 3.63) is 57.0 Å². The molecule has 0 aliphatic rings. The van der Waals surface area contributed by atoms with Gasteiger partial charge in [-0.25, -0.2) is 0 Å². The molecule has 2 aromatic rings. The minimum atomic E-state index is -0.102. The van der Waals surface area contributed by atoms with E-state index in [9.17, 15) is 4.79 Å². The third-order valence-electron chi connectivity index (χ3n) is 3.20. The van der Waals surface area contributed by atoms with E-state index in [0.717, 1.165) is 22.5 Å². The summed E-state index contributed by atoms with van der Waals surface area (Å²) in [5.41, 5.74) is 9.70. The topological polar surface area (TPSA) is 60.9 Å². The van der Waals surface area contributed by atoms with Crippen LogP contribution < -0.4 is 11.3 Å². The summed E-state index contributed by atoms with van der Waals surface area (Å²) in [4.78, 5) is 12.3. The number of nitrogens with two attached hydrogens (primary N) is 1. The molecular formula is C14H17N3O. The molecule has 94 valence electrons.